The van der Waals surface area contributed by atoms with Gasteiger partial charge >= 0.3 is 0 Å². The van der Waals surface area contributed by atoms with Crippen LogP contribution in [0.1, 0.15) is 46.4 Å². The summed E-state index contributed by atoms with van der Waals surface area (Å²) in [5.41, 5.74) is 3.51. The topological polar surface area (TPSA) is 51.0 Å². The average Bonchev–Trinajstić information content (AvgIpc) is 3.37. The third-order valence-corrected chi connectivity index (χ3v) is 6.74. The number of hydrogen-bond acceptors (Lipinski definition) is 4. The van der Waals surface area contributed by atoms with E-state index >= 15 is 0 Å². The lowest BCUT2D eigenvalue weighted by Gasteiger charge is -2.34. The molecular formula is C23H22N4OS. The summed E-state index contributed by atoms with van der Waals surface area (Å²) in [4.78, 5) is 20.4. The average molecular weight is 403 g/mol. The van der Waals surface area contributed by atoms with Crippen LogP contribution in [0, 0.1) is 6.92 Å². The number of rotatable bonds is 3. The second kappa shape index (κ2) is 7.44. The highest BCUT2D eigenvalue weighted by atomic mass is 32.1. The van der Waals surface area contributed by atoms with Crippen LogP contribution in [-0.4, -0.2) is 32.1 Å². The zero-order chi connectivity index (χ0) is 19.8. The summed E-state index contributed by atoms with van der Waals surface area (Å²) in [6.45, 7) is 2.72. The van der Waals surface area contributed by atoms with Crippen molar-refractivity contribution in [1.29, 1.82) is 0 Å². The van der Waals surface area contributed by atoms with Crippen molar-refractivity contribution in [2.75, 3.05) is 6.54 Å². The maximum atomic E-state index is 13.5. The lowest BCUT2D eigenvalue weighted by atomic mass is 10.0. The van der Waals surface area contributed by atoms with Crippen LogP contribution in [0.4, 0.5) is 0 Å². The van der Waals surface area contributed by atoms with Crippen molar-refractivity contribution < 1.29 is 4.79 Å². The fourth-order valence-electron chi connectivity index (χ4n) is 4.07. The Bertz CT molecular complexity index is 1130. The minimum Gasteiger partial charge on any atom is -0.329 e. The van der Waals surface area contributed by atoms with E-state index in [1.54, 1.807) is 17.5 Å². The van der Waals surface area contributed by atoms with Gasteiger partial charge in [-0.1, -0.05) is 30.3 Å². The van der Waals surface area contributed by atoms with E-state index in [9.17, 15) is 4.79 Å². The molecule has 0 spiro atoms. The lowest BCUT2D eigenvalue weighted by molar-refractivity contribution is 0.0610. The van der Waals surface area contributed by atoms with E-state index in [0.717, 1.165) is 47.7 Å². The van der Waals surface area contributed by atoms with Gasteiger partial charge in [-0.15, -0.1) is 11.3 Å². The van der Waals surface area contributed by atoms with Crippen LogP contribution >= 0.6 is 11.3 Å². The lowest BCUT2D eigenvalue weighted by Crippen LogP contribution is -2.38. The Labute approximate surface area is 173 Å². The molecule has 2 aromatic carbocycles. The molecular weight excluding hydrogens is 380 g/mol. The number of aromatic nitrogens is 3. The summed E-state index contributed by atoms with van der Waals surface area (Å²) < 4.78 is 3.01. The molecule has 5 nitrogen and oxygen atoms in total. The number of fused-ring (bicyclic) bond motifs is 1. The highest BCUT2D eigenvalue weighted by molar-refractivity contribution is 7.18. The van der Waals surface area contributed by atoms with Crippen LogP contribution in [0.5, 0.6) is 0 Å². The largest absolute Gasteiger partial charge is 0.329 e. The molecule has 2 aromatic heterocycles. The molecule has 0 bridgehead atoms. The summed E-state index contributed by atoms with van der Waals surface area (Å²) in [6, 6.07) is 18.2. The van der Waals surface area contributed by atoms with Gasteiger partial charge in [0.2, 0.25) is 0 Å². The van der Waals surface area contributed by atoms with Gasteiger partial charge in [0.15, 0.2) is 0 Å². The highest BCUT2D eigenvalue weighted by Gasteiger charge is 2.32. The van der Waals surface area contributed by atoms with E-state index in [1.807, 2.05) is 65.0 Å². The number of benzene rings is 2. The van der Waals surface area contributed by atoms with Gasteiger partial charge < -0.3 is 4.90 Å². The normalized spacial score (nSPS) is 17.0. The molecule has 1 aliphatic heterocycles. The summed E-state index contributed by atoms with van der Waals surface area (Å²) in [5, 5.41) is 5.53. The Morgan fingerprint density at radius 2 is 1.86 bits per heavy atom. The van der Waals surface area contributed by atoms with Crippen LogP contribution < -0.4 is 0 Å². The third-order valence-electron chi connectivity index (χ3n) is 5.60. The smallest absolute Gasteiger partial charge is 0.257 e. The molecule has 1 atom stereocenters. The van der Waals surface area contributed by atoms with Crippen molar-refractivity contribution in [3.8, 4) is 5.69 Å². The first-order chi connectivity index (χ1) is 14.2. The number of thiazole rings is 1. The van der Waals surface area contributed by atoms with Crippen molar-refractivity contribution in [2.45, 2.75) is 32.2 Å². The summed E-state index contributed by atoms with van der Waals surface area (Å²) in [5.74, 6) is 0.0497. The SMILES string of the molecule is Cc1c(C(=O)N2CCCCC2c2nc3ccccc3s2)cnn1-c1ccccc1. The number of hydrogen-bond donors (Lipinski definition) is 0. The molecule has 0 radical (unpaired) electrons. The molecule has 1 aliphatic rings. The monoisotopic (exact) mass is 402 g/mol. The van der Waals surface area contributed by atoms with Crippen molar-refractivity contribution in [1.82, 2.24) is 19.7 Å². The number of para-hydroxylation sites is 2. The van der Waals surface area contributed by atoms with Gasteiger partial charge in [-0.25, -0.2) is 9.67 Å². The Balaban J connectivity index is 1.48. The maximum Gasteiger partial charge on any atom is 0.257 e. The van der Waals surface area contributed by atoms with Crippen molar-refractivity contribution in [3.63, 3.8) is 0 Å². The Morgan fingerprint density at radius 1 is 1.07 bits per heavy atom. The highest BCUT2D eigenvalue weighted by Crippen LogP contribution is 2.36. The van der Waals surface area contributed by atoms with Gasteiger partial charge in [-0.2, -0.15) is 5.10 Å². The van der Waals surface area contributed by atoms with E-state index in [0.29, 0.717) is 5.56 Å². The Kier molecular flexibility index (Phi) is 4.64. The number of carbonyl (C=O) groups excluding carboxylic acids is 1. The zero-order valence-corrected chi connectivity index (χ0v) is 17.1. The van der Waals surface area contributed by atoms with Gasteiger partial charge in [0.05, 0.1) is 39.4 Å². The summed E-state index contributed by atoms with van der Waals surface area (Å²) in [7, 11) is 0. The first-order valence-electron chi connectivity index (χ1n) is 9.99. The van der Waals surface area contributed by atoms with Crippen LogP contribution in [0.2, 0.25) is 0 Å². The summed E-state index contributed by atoms with van der Waals surface area (Å²) in [6.07, 6.45) is 4.80. The standard InChI is InChI=1S/C23H22N4OS/c1-16-18(15-24-27(16)17-9-3-2-4-10-17)23(28)26-14-8-7-12-20(26)22-25-19-11-5-6-13-21(19)29-22/h2-6,9-11,13,15,20H,7-8,12,14H2,1H3. The molecule has 0 aliphatic carbocycles. The Hall–Kier alpha value is -2.99. The summed E-state index contributed by atoms with van der Waals surface area (Å²) >= 11 is 1.70. The minimum atomic E-state index is 0.0353. The number of carbonyl (C=O) groups is 1. The van der Waals surface area contributed by atoms with Crippen LogP contribution in [-0.2, 0) is 0 Å². The molecule has 1 unspecified atom stereocenters. The fourth-order valence-corrected chi connectivity index (χ4v) is 5.18. The van der Waals surface area contributed by atoms with Gasteiger partial charge in [-0.3, -0.25) is 4.79 Å². The van der Waals surface area contributed by atoms with Crippen molar-refractivity contribution in [2.24, 2.45) is 0 Å². The predicted octanol–water partition coefficient (Wildman–Crippen LogP) is 5.16. The molecule has 29 heavy (non-hydrogen) atoms. The molecule has 1 saturated heterocycles. The van der Waals surface area contributed by atoms with Gasteiger partial charge in [0, 0.05) is 6.54 Å². The van der Waals surface area contributed by atoms with E-state index in [4.69, 9.17) is 4.98 Å². The first-order valence-corrected chi connectivity index (χ1v) is 10.8. The van der Waals surface area contributed by atoms with E-state index in [-0.39, 0.29) is 11.9 Å². The van der Waals surface area contributed by atoms with E-state index in [1.165, 1.54) is 4.70 Å². The van der Waals surface area contributed by atoms with Crippen LogP contribution in [0.3, 0.4) is 0 Å². The molecule has 146 valence electrons. The molecule has 1 amide bonds. The van der Waals surface area contributed by atoms with Gasteiger partial charge in [0.25, 0.3) is 5.91 Å². The predicted molar refractivity (Wildman–Crippen MR) is 116 cm³/mol. The maximum absolute atomic E-state index is 13.5. The Morgan fingerprint density at radius 3 is 2.69 bits per heavy atom. The molecule has 0 saturated carbocycles. The second-order valence-electron chi connectivity index (χ2n) is 7.42. The third kappa shape index (κ3) is 3.23. The molecule has 0 N–H and O–H groups in total. The van der Waals surface area contributed by atoms with Crippen molar-refractivity contribution >= 4 is 27.5 Å². The molecule has 1 fully saturated rings. The molecule has 3 heterocycles. The number of likely N-dealkylation sites (tertiary alicyclic amines) is 1. The fraction of sp³-hybridized carbons (Fsp3) is 0.261. The van der Waals surface area contributed by atoms with E-state index in [2.05, 4.69) is 11.2 Å². The quantitative estimate of drug-likeness (QED) is 0.476. The zero-order valence-electron chi connectivity index (χ0n) is 16.3. The number of nitrogens with zero attached hydrogens (tertiary/aromatic N) is 4. The van der Waals surface area contributed by atoms with Gasteiger partial charge in [0.1, 0.15) is 5.01 Å². The minimum absolute atomic E-state index is 0.0353. The molecule has 5 rings (SSSR count). The first kappa shape index (κ1) is 18.1. The molecule has 6 heteroatoms. The van der Waals surface area contributed by atoms with Crippen molar-refractivity contribution in [3.05, 3.63) is 77.1 Å². The van der Waals surface area contributed by atoms with Crippen LogP contribution in [0.25, 0.3) is 15.9 Å². The van der Waals surface area contributed by atoms with E-state index < -0.39 is 0 Å². The number of amides is 1. The van der Waals surface area contributed by atoms with Crippen LogP contribution in [0.15, 0.2) is 60.8 Å². The molecule has 4 aromatic rings. The number of piperidine rings is 1. The second-order valence-corrected chi connectivity index (χ2v) is 8.48. The van der Waals surface area contributed by atoms with Gasteiger partial charge in [-0.05, 0) is 50.5 Å².